The van der Waals surface area contributed by atoms with Crippen molar-refractivity contribution in [3.8, 4) is 0 Å². The number of anilines is 2. The fourth-order valence-corrected chi connectivity index (χ4v) is 2.26. The first-order chi connectivity index (χ1) is 7.56. The van der Waals surface area contributed by atoms with Crippen LogP contribution in [0.5, 0.6) is 0 Å². The number of nitrogens with zero attached hydrogens (tertiary/aromatic N) is 2. The van der Waals surface area contributed by atoms with Gasteiger partial charge in [0.1, 0.15) is 0 Å². The summed E-state index contributed by atoms with van der Waals surface area (Å²) in [5, 5.41) is 9.77. The molecular formula is C11H16ClN3O. The highest BCUT2D eigenvalue weighted by Crippen LogP contribution is 2.30. The molecule has 0 unspecified atom stereocenters. The van der Waals surface area contributed by atoms with Gasteiger partial charge in [0.25, 0.3) is 0 Å². The highest BCUT2D eigenvalue weighted by atomic mass is 35.5. The van der Waals surface area contributed by atoms with Crippen LogP contribution in [-0.2, 0) is 0 Å². The van der Waals surface area contributed by atoms with Crippen LogP contribution in [0.15, 0.2) is 12.3 Å². The minimum Gasteiger partial charge on any atom is -0.396 e. The maximum absolute atomic E-state index is 9.22. The second kappa shape index (κ2) is 4.47. The standard InChI is InChI=1S/C11H16ClN3O/c1-15(6-7-2-9(16)3-7)11-10(13)4-8(12)5-14-11/h4-5,7,9,16H,2-3,6,13H2,1H3. The van der Waals surface area contributed by atoms with Crippen molar-refractivity contribution < 1.29 is 5.11 Å². The number of hydrogen-bond donors (Lipinski definition) is 2. The van der Waals surface area contributed by atoms with E-state index >= 15 is 0 Å². The molecule has 0 aromatic carbocycles. The summed E-state index contributed by atoms with van der Waals surface area (Å²) < 4.78 is 0. The number of aromatic nitrogens is 1. The SMILES string of the molecule is CN(CC1CC(O)C1)c1ncc(Cl)cc1N. The lowest BCUT2D eigenvalue weighted by Gasteiger charge is -2.35. The Hall–Kier alpha value is -1.00. The summed E-state index contributed by atoms with van der Waals surface area (Å²) in [6, 6.07) is 1.70. The quantitative estimate of drug-likeness (QED) is 0.843. The fourth-order valence-electron chi connectivity index (χ4n) is 2.09. The third-order valence-electron chi connectivity index (χ3n) is 2.97. The van der Waals surface area contributed by atoms with E-state index < -0.39 is 0 Å². The number of pyridine rings is 1. The average molecular weight is 242 g/mol. The number of aliphatic hydroxyl groups excluding tert-OH is 1. The Bertz CT molecular complexity index is 379. The van der Waals surface area contributed by atoms with E-state index in [0.29, 0.717) is 16.6 Å². The second-order valence-corrected chi connectivity index (χ2v) is 4.87. The van der Waals surface area contributed by atoms with Gasteiger partial charge in [0.2, 0.25) is 0 Å². The van der Waals surface area contributed by atoms with Gasteiger partial charge in [-0.1, -0.05) is 11.6 Å². The van der Waals surface area contributed by atoms with Crippen molar-refractivity contribution in [1.29, 1.82) is 0 Å². The van der Waals surface area contributed by atoms with Crippen LogP contribution in [0.3, 0.4) is 0 Å². The van der Waals surface area contributed by atoms with Crippen LogP contribution in [0, 0.1) is 5.92 Å². The molecule has 2 rings (SSSR count). The number of aliphatic hydroxyl groups is 1. The van der Waals surface area contributed by atoms with Crippen molar-refractivity contribution in [3.05, 3.63) is 17.3 Å². The van der Waals surface area contributed by atoms with Crippen LogP contribution >= 0.6 is 11.6 Å². The lowest BCUT2D eigenvalue weighted by molar-refractivity contribution is 0.0464. The number of rotatable bonds is 3. The molecule has 0 amide bonds. The van der Waals surface area contributed by atoms with Gasteiger partial charge in [-0.2, -0.15) is 0 Å². The van der Waals surface area contributed by atoms with Crippen LogP contribution in [-0.4, -0.2) is 29.8 Å². The van der Waals surface area contributed by atoms with E-state index in [1.165, 1.54) is 0 Å². The summed E-state index contributed by atoms with van der Waals surface area (Å²) in [7, 11) is 1.96. The van der Waals surface area contributed by atoms with Gasteiger partial charge in [0.05, 0.1) is 16.8 Å². The minimum atomic E-state index is -0.117. The minimum absolute atomic E-state index is 0.117. The van der Waals surface area contributed by atoms with Crippen molar-refractivity contribution in [3.63, 3.8) is 0 Å². The molecule has 0 aliphatic heterocycles. The maximum Gasteiger partial charge on any atom is 0.151 e. The molecule has 1 heterocycles. The molecule has 1 fully saturated rings. The monoisotopic (exact) mass is 241 g/mol. The van der Waals surface area contributed by atoms with Crippen LogP contribution in [0.25, 0.3) is 0 Å². The highest BCUT2D eigenvalue weighted by molar-refractivity contribution is 6.30. The first-order valence-electron chi connectivity index (χ1n) is 5.36. The molecule has 0 spiro atoms. The van der Waals surface area contributed by atoms with Gasteiger partial charge in [0, 0.05) is 19.8 Å². The Labute approximate surface area is 100 Å². The number of nitrogens with two attached hydrogens (primary N) is 1. The average Bonchev–Trinajstić information content (AvgIpc) is 2.15. The molecule has 88 valence electrons. The molecule has 16 heavy (non-hydrogen) atoms. The Morgan fingerprint density at radius 3 is 2.88 bits per heavy atom. The van der Waals surface area contributed by atoms with E-state index in [0.717, 1.165) is 25.2 Å². The smallest absolute Gasteiger partial charge is 0.151 e. The predicted molar refractivity (Wildman–Crippen MR) is 65.7 cm³/mol. The van der Waals surface area contributed by atoms with E-state index in [4.69, 9.17) is 17.3 Å². The van der Waals surface area contributed by atoms with Crippen molar-refractivity contribution in [2.75, 3.05) is 24.2 Å². The van der Waals surface area contributed by atoms with E-state index in [1.54, 1.807) is 12.3 Å². The summed E-state index contributed by atoms with van der Waals surface area (Å²) in [6.07, 6.45) is 3.23. The number of nitrogen functional groups attached to an aromatic ring is 1. The normalized spacial score (nSPS) is 23.9. The molecule has 0 radical (unpaired) electrons. The summed E-state index contributed by atoms with van der Waals surface area (Å²) in [5.74, 6) is 1.29. The molecule has 1 saturated carbocycles. The van der Waals surface area contributed by atoms with Gasteiger partial charge in [0.15, 0.2) is 5.82 Å². The zero-order chi connectivity index (χ0) is 11.7. The highest BCUT2D eigenvalue weighted by Gasteiger charge is 2.28. The lowest BCUT2D eigenvalue weighted by atomic mass is 9.82. The summed E-state index contributed by atoms with van der Waals surface area (Å²) in [5.41, 5.74) is 6.44. The largest absolute Gasteiger partial charge is 0.396 e. The van der Waals surface area contributed by atoms with Gasteiger partial charge in [-0.25, -0.2) is 4.98 Å². The zero-order valence-corrected chi connectivity index (χ0v) is 9.98. The molecular weight excluding hydrogens is 226 g/mol. The fraction of sp³-hybridized carbons (Fsp3) is 0.545. The Morgan fingerprint density at radius 2 is 2.31 bits per heavy atom. The van der Waals surface area contributed by atoms with Gasteiger partial charge >= 0.3 is 0 Å². The third-order valence-corrected chi connectivity index (χ3v) is 3.17. The number of halogens is 1. The van der Waals surface area contributed by atoms with Crippen molar-refractivity contribution in [2.24, 2.45) is 5.92 Å². The van der Waals surface area contributed by atoms with Crippen LogP contribution in [0.2, 0.25) is 5.02 Å². The van der Waals surface area contributed by atoms with E-state index in [-0.39, 0.29) is 6.10 Å². The van der Waals surface area contributed by atoms with Gasteiger partial charge < -0.3 is 15.7 Å². The Balaban J connectivity index is 2.00. The van der Waals surface area contributed by atoms with Crippen LogP contribution < -0.4 is 10.6 Å². The van der Waals surface area contributed by atoms with Crippen molar-refractivity contribution >= 4 is 23.1 Å². The Kier molecular flexibility index (Phi) is 3.21. The third kappa shape index (κ3) is 2.39. The molecule has 1 aromatic rings. The lowest BCUT2D eigenvalue weighted by Crippen LogP contribution is -2.37. The van der Waals surface area contributed by atoms with E-state index in [2.05, 4.69) is 4.98 Å². The molecule has 1 aromatic heterocycles. The molecule has 3 N–H and O–H groups in total. The van der Waals surface area contributed by atoms with Gasteiger partial charge in [-0.05, 0) is 24.8 Å². The van der Waals surface area contributed by atoms with Crippen LogP contribution in [0.1, 0.15) is 12.8 Å². The van der Waals surface area contributed by atoms with Crippen molar-refractivity contribution in [1.82, 2.24) is 4.98 Å². The first kappa shape index (κ1) is 11.5. The molecule has 0 atom stereocenters. The van der Waals surface area contributed by atoms with Crippen LogP contribution in [0.4, 0.5) is 11.5 Å². The number of hydrogen-bond acceptors (Lipinski definition) is 4. The molecule has 4 nitrogen and oxygen atoms in total. The second-order valence-electron chi connectivity index (χ2n) is 4.44. The summed E-state index contributed by atoms with van der Waals surface area (Å²) >= 11 is 5.79. The predicted octanol–water partition coefficient (Wildman–Crippen LogP) is 1.52. The van der Waals surface area contributed by atoms with E-state index in [9.17, 15) is 5.11 Å². The molecule has 0 bridgehead atoms. The molecule has 5 heteroatoms. The molecule has 1 aliphatic carbocycles. The van der Waals surface area contributed by atoms with Crippen molar-refractivity contribution in [2.45, 2.75) is 18.9 Å². The summed E-state index contributed by atoms with van der Waals surface area (Å²) in [6.45, 7) is 0.871. The Morgan fingerprint density at radius 1 is 1.62 bits per heavy atom. The summed E-state index contributed by atoms with van der Waals surface area (Å²) in [4.78, 5) is 6.23. The maximum atomic E-state index is 9.22. The molecule has 1 aliphatic rings. The zero-order valence-electron chi connectivity index (χ0n) is 9.23. The van der Waals surface area contributed by atoms with E-state index in [1.807, 2.05) is 11.9 Å². The van der Waals surface area contributed by atoms with Gasteiger partial charge in [-0.3, -0.25) is 0 Å². The first-order valence-corrected chi connectivity index (χ1v) is 5.74. The van der Waals surface area contributed by atoms with Gasteiger partial charge in [-0.15, -0.1) is 0 Å². The topological polar surface area (TPSA) is 62.4 Å². The molecule has 0 saturated heterocycles.